The highest BCUT2D eigenvalue weighted by Crippen LogP contribution is 2.27. The van der Waals surface area contributed by atoms with E-state index in [-0.39, 0.29) is 0 Å². The van der Waals surface area contributed by atoms with Crippen molar-refractivity contribution in [2.24, 2.45) is 0 Å². The summed E-state index contributed by atoms with van der Waals surface area (Å²) in [6, 6.07) is 1.05. The Morgan fingerprint density at radius 2 is 2.36 bits per heavy atom. The van der Waals surface area contributed by atoms with Gasteiger partial charge < -0.3 is 5.32 Å². The van der Waals surface area contributed by atoms with E-state index in [1.807, 2.05) is 0 Å². The van der Waals surface area contributed by atoms with Crippen LogP contribution in [0.1, 0.15) is 45.4 Å². The number of carbonyl (C=O) groups excluding carboxylic acids is 1. The molecule has 2 aliphatic heterocycles. The largest absolute Gasteiger partial charge is 0.307 e. The Balaban J connectivity index is 2.08. The lowest BCUT2D eigenvalue weighted by Gasteiger charge is -2.13. The topological polar surface area (TPSA) is 29.1 Å². The molecule has 2 rings (SSSR count). The summed E-state index contributed by atoms with van der Waals surface area (Å²) in [7, 11) is 0. The van der Waals surface area contributed by atoms with Gasteiger partial charge >= 0.3 is 0 Å². The van der Waals surface area contributed by atoms with Crippen molar-refractivity contribution in [3.63, 3.8) is 0 Å². The van der Waals surface area contributed by atoms with Crippen LogP contribution >= 0.6 is 0 Å². The van der Waals surface area contributed by atoms with Crippen molar-refractivity contribution in [2.75, 3.05) is 0 Å². The standard InChI is InChI=1S/C12H19NO/c1-2-4-12(14)10-6-3-5-9-7-8-11(10)13-9/h6,9,11,13H,2-5,7-8H2,1H3. The maximum atomic E-state index is 11.8. The van der Waals surface area contributed by atoms with Gasteiger partial charge in [0.25, 0.3) is 0 Å². The van der Waals surface area contributed by atoms with Crippen LogP contribution in [0.2, 0.25) is 0 Å². The quantitative estimate of drug-likeness (QED) is 0.744. The number of allylic oxidation sites excluding steroid dienone is 1. The molecule has 0 aromatic rings. The van der Waals surface area contributed by atoms with E-state index < -0.39 is 0 Å². The molecule has 0 radical (unpaired) electrons. The number of hydrogen-bond acceptors (Lipinski definition) is 2. The molecule has 2 bridgehead atoms. The number of Topliss-reactive ketones (excluding diaryl/α,β-unsaturated/α-hetero) is 1. The van der Waals surface area contributed by atoms with Crippen molar-refractivity contribution >= 4 is 5.78 Å². The van der Waals surface area contributed by atoms with E-state index in [4.69, 9.17) is 0 Å². The number of ketones is 1. The smallest absolute Gasteiger partial charge is 0.160 e. The van der Waals surface area contributed by atoms with Gasteiger partial charge in [-0.2, -0.15) is 0 Å². The van der Waals surface area contributed by atoms with Crippen LogP contribution in [-0.2, 0) is 4.79 Å². The summed E-state index contributed by atoms with van der Waals surface area (Å²) in [5.41, 5.74) is 1.08. The third-order valence-electron chi connectivity index (χ3n) is 3.29. The molecule has 2 heteroatoms. The van der Waals surface area contributed by atoms with E-state index in [0.717, 1.165) is 24.8 Å². The fourth-order valence-corrected chi connectivity index (χ4v) is 2.55. The lowest BCUT2D eigenvalue weighted by Crippen LogP contribution is -2.31. The molecule has 2 unspecified atom stereocenters. The summed E-state index contributed by atoms with van der Waals surface area (Å²) < 4.78 is 0. The fourth-order valence-electron chi connectivity index (χ4n) is 2.55. The van der Waals surface area contributed by atoms with E-state index in [0.29, 0.717) is 24.3 Å². The lowest BCUT2D eigenvalue weighted by molar-refractivity contribution is -0.115. The molecule has 2 aliphatic rings. The van der Waals surface area contributed by atoms with Crippen LogP contribution in [-0.4, -0.2) is 17.9 Å². The summed E-state index contributed by atoms with van der Waals surface area (Å²) in [6.45, 7) is 2.07. The molecule has 2 heterocycles. The van der Waals surface area contributed by atoms with Crippen molar-refractivity contribution in [1.82, 2.24) is 5.32 Å². The molecule has 78 valence electrons. The van der Waals surface area contributed by atoms with Crippen LogP contribution in [0.15, 0.2) is 11.6 Å². The molecule has 0 aliphatic carbocycles. The fraction of sp³-hybridized carbons (Fsp3) is 0.750. The molecule has 0 saturated carbocycles. The molecule has 0 amide bonds. The Morgan fingerprint density at radius 1 is 1.50 bits per heavy atom. The molecule has 2 atom stereocenters. The highest BCUT2D eigenvalue weighted by molar-refractivity contribution is 5.96. The monoisotopic (exact) mass is 193 g/mol. The van der Waals surface area contributed by atoms with E-state index >= 15 is 0 Å². The van der Waals surface area contributed by atoms with Gasteiger partial charge in [-0.1, -0.05) is 13.0 Å². The van der Waals surface area contributed by atoms with Gasteiger partial charge in [-0.05, 0) is 32.1 Å². The molecule has 1 saturated heterocycles. The SMILES string of the molecule is CCCC(=O)C1=CCCC2CCC1N2. The first-order chi connectivity index (χ1) is 6.81. The Morgan fingerprint density at radius 3 is 3.14 bits per heavy atom. The van der Waals surface area contributed by atoms with Crippen LogP contribution in [0, 0.1) is 0 Å². The van der Waals surface area contributed by atoms with E-state index in [1.54, 1.807) is 0 Å². The van der Waals surface area contributed by atoms with Gasteiger partial charge in [0.05, 0.1) is 0 Å². The minimum atomic E-state index is 0.368. The third-order valence-corrected chi connectivity index (χ3v) is 3.29. The summed E-state index contributed by atoms with van der Waals surface area (Å²) >= 11 is 0. The van der Waals surface area contributed by atoms with Gasteiger partial charge in [-0.25, -0.2) is 0 Å². The highest BCUT2D eigenvalue weighted by Gasteiger charge is 2.30. The first-order valence-electron chi connectivity index (χ1n) is 5.80. The van der Waals surface area contributed by atoms with E-state index in [2.05, 4.69) is 18.3 Å². The number of rotatable bonds is 3. The van der Waals surface area contributed by atoms with Gasteiger partial charge in [0.1, 0.15) is 0 Å². The number of nitrogens with one attached hydrogen (secondary N) is 1. The second-order valence-corrected chi connectivity index (χ2v) is 4.40. The van der Waals surface area contributed by atoms with Gasteiger partial charge in [0.15, 0.2) is 5.78 Å². The van der Waals surface area contributed by atoms with Crippen molar-refractivity contribution in [3.05, 3.63) is 11.6 Å². The third kappa shape index (κ3) is 1.90. The zero-order valence-electron chi connectivity index (χ0n) is 8.88. The molecule has 2 nitrogen and oxygen atoms in total. The van der Waals surface area contributed by atoms with Crippen molar-refractivity contribution in [3.8, 4) is 0 Å². The second-order valence-electron chi connectivity index (χ2n) is 4.40. The minimum absolute atomic E-state index is 0.368. The molecular weight excluding hydrogens is 174 g/mol. The molecule has 0 aromatic carbocycles. The average Bonchev–Trinajstić information content (AvgIpc) is 2.47. The normalized spacial score (nSPS) is 31.1. The molecule has 14 heavy (non-hydrogen) atoms. The van der Waals surface area contributed by atoms with E-state index in [1.165, 1.54) is 12.8 Å². The summed E-state index contributed by atoms with van der Waals surface area (Å²) in [6.07, 6.45) is 8.56. The summed E-state index contributed by atoms with van der Waals surface area (Å²) in [4.78, 5) is 11.8. The highest BCUT2D eigenvalue weighted by atomic mass is 16.1. The van der Waals surface area contributed by atoms with Gasteiger partial charge in [0, 0.05) is 24.1 Å². The van der Waals surface area contributed by atoms with Crippen LogP contribution in [0.5, 0.6) is 0 Å². The first kappa shape index (κ1) is 9.91. The van der Waals surface area contributed by atoms with Crippen LogP contribution in [0.25, 0.3) is 0 Å². The van der Waals surface area contributed by atoms with Crippen LogP contribution in [0.4, 0.5) is 0 Å². The van der Waals surface area contributed by atoms with Gasteiger partial charge in [-0.15, -0.1) is 0 Å². The number of carbonyl (C=O) groups is 1. The zero-order chi connectivity index (χ0) is 9.97. The summed E-state index contributed by atoms with van der Waals surface area (Å²) in [5, 5.41) is 3.55. The van der Waals surface area contributed by atoms with Crippen molar-refractivity contribution in [1.29, 1.82) is 0 Å². The molecule has 0 aromatic heterocycles. The Hall–Kier alpha value is -0.630. The van der Waals surface area contributed by atoms with Crippen molar-refractivity contribution in [2.45, 2.75) is 57.5 Å². The number of hydrogen-bond donors (Lipinski definition) is 1. The Bertz CT molecular complexity index is 257. The second kappa shape index (κ2) is 4.26. The lowest BCUT2D eigenvalue weighted by atomic mass is 9.95. The van der Waals surface area contributed by atoms with E-state index in [9.17, 15) is 4.79 Å². The molecule has 1 N–H and O–H groups in total. The predicted octanol–water partition coefficient (Wildman–Crippen LogP) is 2.20. The average molecular weight is 193 g/mol. The zero-order valence-corrected chi connectivity index (χ0v) is 8.88. The van der Waals surface area contributed by atoms with Crippen LogP contribution < -0.4 is 5.32 Å². The molecular formula is C12H19NO. The van der Waals surface area contributed by atoms with Gasteiger partial charge in [0.2, 0.25) is 0 Å². The number of fused-ring (bicyclic) bond motifs is 2. The van der Waals surface area contributed by atoms with Gasteiger partial charge in [-0.3, -0.25) is 4.79 Å². The Kier molecular flexibility index (Phi) is 3.02. The molecule has 0 spiro atoms. The Labute approximate surface area is 85.8 Å². The maximum Gasteiger partial charge on any atom is 0.160 e. The maximum absolute atomic E-state index is 11.8. The first-order valence-corrected chi connectivity index (χ1v) is 5.80. The predicted molar refractivity (Wildman–Crippen MR) is 57.2 cm³/mol. The minimum Gasteiger partial charge on any atom is -0.307 e. The molecule has 1 fully saturated rings. The van der Waals surface area contributed by atoms with Crippen molar-refractivity contribution < 1.29 is 4.79 Å². The van der Waals surface area contributed by atoms with Crippen LogP contribution in [0.3, 0.4) is 0 Å². The summed E-state index contributed by atoms with van der Waals surface area (Å²) in [5.74, 6) is 0.368.